The highest BCUT2D eigenvalue weighted by Gasteiger charge is 2.20. The van der Waals surface area contributed by atoms with Crippen molar-refractivity contribution < 1.29 is 4.42 Å². The van der Waals surface area contributed by atoms with Gasteiger partial charge in [-0.05, 0) is 56.3 Å². The Balaban J connectivity index is 1.26. The van der Waals surface area contributed by atoms with Gasteiger partial charge in [0.1, 0.15) is 11.2 Å². The first-order valence-corrected chi connectivity index (χ1v) is 16.4. The quantitative estimate of drug-likeness (QED) is 0.183. The minimum absolute atomic E-state index is 0.613. The van der Waals surface area contributed by atoms with E-state index in [1.165, 1.54) is 21.5 Å². The number of fused-ring (bicyclic) bond motifs is 8. The van der Waals surface area contributed by atoms with Gasteiger partial charge in [0.25, 0.3) is 0 Å². The number of benzene rings is 8. The third-order valence-corrected chi connectivity index (χ3v) is 9.50. The van der Waals surface area contributed by atoms with Crippen LogP contribution in [0.15, 0.2) is 168 Å². The van der Waals surface area contributed by atoms with E-state index >= 15 is 0 Å². The van der Waals surface area contributed by atoms with Crippen molar-refractivity contribution in [3.63, 3.8) is 0 Å². The lowest BCUT2D eigenvalue weighted by Crippen LogP contribution is -2.00. The van der Waals surface area contributed by atoms with Crippen LogP contribution in [0.3, 0.4) is 0 Å². The highest BCUT2D eigenvalue weighted by molar-refractivity contribution is 6.22. The van der Waals surface area contributed by atoms with Gasteiger partial charge in [-0.2, -0.15) is 0 Å². The SMILES string of the molecule is c1ccc(-c2nc(-c3ccc4ccc5ccccc5c4c3)nc(-c3cccc4c3cc(-c3ccccc3)c3c5ccccc5oc43)n2)cc1. The summed E-state index contributed by atoms with van der Waals surface area (Å²) in [6, 6.07) is 56.8. The summed E-state index contributed by atoms with van der Waals surface area (Å²) in [5.41, 5.74) is 6.76. The molecule has 49 heavy (non-hydrogen) atoms. The van der Waals surface area contributed by atoms with E-state index in [1.54, 1.807) is 0 Å². The molecule has 0 N–H and O–H groups in total. The van der Waals surface area contributed by atoms with Crippen molar-refractivity contribution in [1.29, 1.82) is 0 Å². The molecule has 0 saturated heterocycles. The summed E-state index contributed by atoms with van der Waals surface area (Å²) in [7, 11) is 0. The summed E-state index contributed by atoms with van der Waals surface area (Å²) < 4.78 is 6.63. The first kappa shape index (κ1) is 27.5. The van der Waals surface area contributed by atoms with Crippen LogP contribution in [0, 0.1) is 0 Å². The van der Waals surface area contributed by atoms with Crippen molar-refractivity contribution in [2.45, 2.75) is 0 Å². The third kappa shape index (κ3) is 4.49. The van der Waals surface area contributed by atoms with Crippen molar-refractivity contribution in [1.82, 2.24) is 15.0 Å². The van der Waals surface area contributed by atoms with Gasteiger partial charge in [-0.1, -0.05) is 146 Å². The number of hydrogen-bond donors (Lipinski definition) is 0. The number of aromatic nitrogens is 3. The predicted molar refractivity (Wildman–Crippen MR) is 201 cm³/mol. The molecule has 0 unspecified atom stereocenters. The fraction of sp³-hybridized carbons (Fsp3) is 0. The Bertz CT molecular complexity index is 2880. The van der Waals surface area contributed by atoms with Crippen LogP contribution >= 0.6 is 0 Å². The van der Waals surface area contributed by atoms with E-state index in [0.717, 1.165) is 60.5 Å². The molecule has 0 radical (unpaired) electrons. The summed E-state index contributed by atoms with van der Waals surface area (Å²) in [6.07, 6.45) is 0. The molecular formula is C45H27N3O. The smallest absolute Gasteiger partial charge is 0.164 e. The van der Waals surface area contributed by atoms with E-state index in [9.17, 15) is 0 Å². The molecular weight excluding hydrogens is 599 g/mol. The molecule has 228 valence electrons. The molecule has 4 heteroatoms. The fourth-order valence-electron chi connectivity index (χ4n) is 7.16. The van der Waals surface area contributed by atoms with Gasteiger partial charge in [0.2, 0.25) is 0 Å². The molecule has 8 aromatic carbocycles. The zero-order chi connectivity index (χ0) is 32.3. The van der Waals surface area contributed by atoms with Crippen LogP contribution in [0.1, 0.15) is 0 Å². The predicted octanol–water partition coefficient (Wildman–Crippen LogP) is 11.9. The molecule has 2 aromatic heterocycles. The Labute approximate surface area is 282 Å². The van der Waals surface area contributed by atoms with Crippen molar-refractivity contribution in [3.8, 4) is 45.3 Å². The van der Waals surface area contributed by atoms with Crippen LogP contribution < -0.4 is 0 Å². The molecule has 0 aliphatic rings. The summed E-state index contributed by atoms with van der Waals surface area (Å²) >= 11 is 0. The molecule has 0 amide bonds. The molecule has 10 rings (SSSR count). The second-order valence-corrected chi connectivity index (χ2v) is 12.4. The van der Waals surface area contributed by atoms with Crippen LogP contribution in [0.4, 0.5) is 0 Å². The van der Waals surface area contributed by atoms with Gasteiger partial charge in [-0.25, -0.2) is 15.0 Å². The zero-order valence-electron chi connectivity index (χ0n) is 26.3. The van der Waals surface area contributed by atoms with Crippen LogP contribution in [-0.4, -0.2) is 15.0 Å². The average molecular weight is 626 g/mol. The number of furan rings is 1. The van der Waals surface area contributed by atoms with Crippen molar-refractivity contribution in [3.05, 3.63) is 164 Å². The summed E-state index contributed by atoms with van der Waals surface area (Å²) in [6.45, 7) is 0. The molecule has 4 nitrogen and oxygen atoms in total. The molecule has 0 aliphatic heterocycles. The van der Waals surface area contributed by atoms with Crippen molar-refractivity contribution in [2.75, 3.05) is 0 Å². The van der Waals surface area contributed by atoms with Crippen LogP contribution in [0.25, 0.3) is 99.5 Å². The van der Waals surface area contributed by atoms with Crippen molar-refractivity contribution >= 4 is 54.3 Å². The number of nitrogens with zero attached hydrogens (tertiary/aromatic N) is 3. The van der Waals surface area contributed by atoms with E-state index in [0.29, 0.717) is 17.5 Å². The van der Waals surface area contributed by atoms with Gasteiger partial charge >= 0.3 is 0 Å². The Morgan fingerprint density at radius 2 is 0.959 bits per heavy atom. The van der Waals surface area contributed by atoms with Gasteiger partial charge in [0, 0.05) is 32.8 Å². The fourth-order valence-corrected chi connectivity index (χ4v) is 7.16. The summed E-state index contributed by atoms with van der Waals surface area (Å²) in [4.78, 5) is 15.4. The number of rotatable bonds is 4. The maximum atomic E-state index is 6.63. The largest absolute Gasteiger partial charge is 0.455 e. The molecule has 0 bridgehead atoms. The molecule has 0 aliphatic carbocycles. The lowest BCUT2D eigenvalue weighted by atomic mass is 9.93. The van der Waals surface area contributed by atoms with E-state index in [4.69, 9.17) is 19.4 Å². The Hall–Kier alpha value is -6.65. The molecule has 0 fully saturated rings. The zero-order valence-corrected chi connectivity index (χ0v) is 26.3. The molecule has 10 aromatic rings. The number of para-hydroxylation sites is 1. The highest BCUT2D eigenvalue weighted by Crippen LogP contribution is 2.43. The minimum Gasteiger partial charge on any atom is -0.455 e. The van der Waals surface area contributed by atoms with Gasteiger partial charge in [-0.15, -0.1) is 0 Å². The van der Waals surface area contributed by atoms with Crippen LogP contribution in [0.5, 0.6) is 0 Å². The van der Waals surface area contributed by atoms with Gasteiger partial charge in [0.05, 0.1) is 0 Å². The molecule has 0 saturated carbocycles. The van der Waals surface area contributed by atoms with E-state index in [1.807, 2.05) is 48.5 Å². The maximum absolute atomic E-state index is 6.63. The standard InChI is InChI=1S/C45H27N3O/c1-3-12-28(13-4-1)38-27-39-34(42-41(38)36-18-9-10-21-40(36)49-42)19-11-20-35(39)45-47-43(31-15-5-2-6-16-31)46-44(48-45)32-25-24-30-23-22-29-14-7-8-17-33(29)37(30)26-32/h1-27H. The molecule has 0 atom stereocenters. The van der Waals surface area contributed by atoms with Crippen molar-refractivity contribution in [2.24, 2.45) is 0 Å². The van der Waals surface area contributed by atoms with Crippen LogP contribution in [0.2, 0.25) is 0 Å². The second-order valence-electron chi connectivity index (χ2n) is 12.4. The Morgan fingerprint density at radius 1 is 0.347 bits per heavy atom. The highest BCUT2D eigenvalue weighted by atomic mass is 16.3. The second kappa shape index (κ2) is 11.0. The van der Waals surface area contributed by atoms with E-state index in [2.05, 4.69) is 115 Å². The van der Waals surface area contributed by atoms with Crippen LogP contribution in [-0.2, 0) is 0 Å². The van der Waals surface area contributed by atoms with E-state index < -0.39 is 0 Å². The average Bonchev–Trinajstić information content (AvgIpc) is 3.58. The first-order chi connectivity index (χ1) is 24.3. The topological polar surface area (TPSA) is 51.8 Å². The van der Waals surface area contributed by atoms with E-state index in [-0.39, 0.29) is 0 Å². The summed E-state index contributed by atoms with van der Waals surface area (Å²) in [5, 5.41) is 9.00. The molecule has 2 heterocycles. The van der Waals surface area contributed by atoms with Gasteiger partial charge < -0.3 is 4.42 Å². The minimum atomic E-state index is 0.613. The summed E-state index contributed by atoms with van der Waals surface area (Å²) in [5.74, 6) is 1.87. The lowest BCUT2D eigenvalue weighted by Gasteiger charge is -2.13. The first-order valence-electron chi connectivity index (χ1n) is 16.4. The monoisotopic (exact) mass is 625 g/mol. The van der Waals surface area contributed by atoms with Gasteiger partial charge in [0.15, 0.2) is 17.5 Å². The molecule has 0 spiro atoms. The lowest BCUT2D eigenvalue weighted by molar-refractivity contribution is 0.673. The van der Waals surface area contributed by atoms with Gasteiger partial charge in [-0.3, -0.25) is 0 Å². The Kier molecular flexibility index (Phi) is 6.15. The Morgan fingerprint density at radius 3 is 1.78 bits per heavy atom. The third-order valence-electron chi connectivity index (χ3n) is 9.50. The number of hydrogen-bond acceptors (Lipinski definition) is 4. The maximum Gasteiger partial charge on any atom is 0.164 e. The normalized spacial score (nSPS) is 11.7.